The Labute approximate surface area is 110 Å². The van der Waals surface area contributed by atoms with E-state index in [4.69, 9.17) is 0 Å². The summed E-state index contributed by atoms with van der Waals surface area (Å²) in [6, 6.07) is 5.82. The fourth-order valence-electron chi connectivity index (χ4n) is 1.58. The molecule has 0 radical (unpaired) electrons. The number of H-pyrrole nitrogens is 1. The molecule has 0 saturated heterocycles. The minimum Gasteiger partial charge on any atom is -0.507 e. The number of hydrogen-bond acceptors (Lipinski definition) is 5. The Morgan fingerprint density at radius 2 is 2.11 bits per heavy atom. The molecule has 0 aliphatic heterocycles. The number of benzene rings is 1. The van der Waals surface area contributed by atoms with Crippen LogP contribution in [0.4, 0.5) is 0 Å². The summed E-state index contributed by atoms with van der Waals surface area (Å²) < 4.78 is 26.2. The van der Waals surface area contributed by atoms with E-state index in [1.165, 1.54) is 18.5 Å². The molecule has 0 bridgehead atoms. The highest BCUT2D eigenvalue weighted by Crippen LogP contribution is 2.20. The Kier molecular flexibility index (Phi) is 4.13. The van der Waals surface area contributed by atoms with Crippen LogP contribution in [0.5, 0.6) is 5.75 Å². The number of hydrogen-bond donors (Lipinski definition) is 3. The van der Waals surface area contributed by atoms with E-state index < -0.39 is 10.0 Å². The molecule has 1 aromatic heterocycles. The number of aromatic nitrogens is 3. The molecule has 0 saturated carbocycles. The SMILES string of the molecule is O=S(=O)(NCCCc1ncn[nH]1)c1ccccc1O. The third kappa shape index (κ3) is 3.52. The summed E-state index contributed by atoms with van der Waals surface area (Å²) in [7, 11) is -3.68. The maximum Gasteiger partial charge on any atom is 0.244 e. The van der Waals surface area contributed by atoms with Crippen LogP contribution in [0.3, 0.4) is 0 Å². The fraction of sp³-hybridized carbons (Fsp3) is 0.273. The summed E-state index contributed by atoms with van der Waals surface area (Å²) in [5, 5.41) is 15.9. The molecule has 3 N–H and O–H groups in total. The minimum absolute atomic E-state index is 0.116. The highest BCUT2D eigenvalue weighted by Gasteiger charge is 2.16. The van der Waals surface area contributed by atoms with Crippen molar-refractivity contribution in [2.45, 2.75) is 17.7 Å². The van der Waals surface area contributed by atoms with Gasteiger partial charge < -0.3 is 5.11 Å². The number of aromatic hydroxyl groups is 1. The maximum atomic E-state index is 11.9. The maximum absolute atomic E-state index is 11.9. The third-order valence-corrected chi connectivity index (χ3v) is 4.01. The van der Waals surface area contributed by atoms with Crippen LogP contribution in [0.15, 0.2) is 35.5 Å². The van der Waals surface area contributed by atoms with Crippen LogP contribution in [0.2, 0.25) is 0 Å². The van der Waals surface area contributed by atoms with E-state index in [1.54, 1.807) is 12.1 Å². The van der Waals surface area contributed by atoms with Crippen LogP contribution in [0.1, 0.15) is 12.2 Å². The Balaban J connectivity index is 1.90. The molecule has 19 heavy (non-hydrogen) atoms. The molecular weight excluding hydrogens is 268 g/mol. The van der Waals surface area contributed by atoms with Crippen LogP contribution in [0, 0.1) is 0 Å². The van der Waals surface area contributed by atoms with Gasteiger partial charge in [0.2, 0.25) is 10.0 Å². The minimum atomic E-state index is -3.68. The predicted molar refractivity (Wildman–Crippen MR) is 68.0 cm³/mol. The van der Waals surface area contributed by atoms with Gasteiger partial charge in [-0.15, -0.1) is 0 Å². The predicted octanol–water partition coefficient (Wildman–Crippen LogP) is 0.421. The monoisotopic (exact) mass is 282 g/mol. The smallest absolute Gasteiger partial charge is 0.244 e. The van der Waals surface area contributed by atoms with Crippen LogP contribution >= 0.6 is 0 Å². The van der Waals surface area contributed by atoms with Crippen LogP contribution < -0.4 is 4.72 Å². The van der Waals surface area contributed by atoms with Gasteiger partial charge in [0, 0.05) is 13.0 Å². The summed E-state index contributed by atoms with van der Waals surface area (Å²) in [6.45, 7) is 0.261. The summed E-state index contributed by atoms with van der Waals surface area (Å²) in [5.74, 6) is 0.451. The first kappa shape index (κ1) is 13.5. The number of aromatic amines is 1. The lowest BCUT2D eigenvalue weighted by Crippen LogP contribution is -2.25. The number of nitrogens with one attached hydrogen (secondary N) is 2. The second-order valence-corrected chi connectivity index (χ2v) is 5.64. The van der Waals surface area contributed by atoms with Gasteiger partial charge >= 0.3 is 0 Å². The van der Waals surface area contributed by atoms with Crippen molar-refractivity contribution in [1.82, 2.24) is 19.9 Å². The standard InChI is InChI=1S/C11H14N4O3S/c16-9-4-1-2-5-10(9)19(17,18)14-7-3-6-11-12-8-13-15-11/h1-2,4-5,8,14,16H,3,6-7H2,(H,12,13,15). The van der Waals surface area contributed by atoms with Gasteiger partial charge in [-0.05, 0) is 18.6 Å². The summed E-state index contributed by atoms with van der Waals surface area (Å²) in [6.07, 6.45) is 2.59. The number of para-hydroxylation sites is 1. The zero-order valence-corrected chi connectivity index (χ0v) is 10.9. The largest absolute Gasteiger partial charge is 0.507 e. The van der Waals surface area contributed by atoms with Gasteiger partial charge in [0.1, 0.15) is 22.8 Å². The lowest BCUT2D eigenvalue weighted by molar-refractivity contribution is 0.458. The van der Waals surface area contributed by atoms with Crippen molar-refractivity contribution in [3.8, 4) is 5.75 Å². The zero-order valence-electron chi connectivity index (χ0n) is 10.1. The van der Waals surface area contributed by atoms with E-state index in [2.05, 4.69) is 19.9 Å². The number of sulfonamides is 1. The van der Waals surface area contributed by atoms with Crippen molar-refractivity contribution in [2.24, 2.45) is 0 Å². The molecule has 0 fully saturated rings. The average molecular weight is 282 g/mol. The van der Waals surface area contributed by atoms with Gasteiger partial charge in [-0.25, -0.2) is 18.1 Å². The van der Waals surface area contributed by atoms with Crippen molar-refractivity contribution in [3.63, 3.8) is 0 Å². The lowest BCUT2D eigenvalue weighted by atomic mass is 10.3. The van der Waals surface area contributed by atoms with Gasteiger partial charge in [-0.3, -0.25) is 5.10 Å². The van der Waals surface area contributed by atoms with Crippen LogP contribution in [-0.4, -0.2) is 35.3 Å². The summed E-state index contributed by atoms with van der Waals surface area (Å²) in [5.41, 5.74) is 0. The number of aryl methyl sites for hydroxylation is 1. The quantitative estimate of drug-likeness (QED) is 0.665. The molecule has 0 spiro atoms. The summed E-state index contributed by atoms with van der Waals surface area (Å²) in [4.78, 5) is 3.82. The Hall–Kier alpha value is -1.93. The number of phenols is 1. The van der Waals surface area contributed by atoms with Crippen molar-refractivity contribution in [2.75, 3.05) is 6.54 Å². The highest BCUT2D eigenvalue weighted by molar-refractivity contribution is 7.89. The topological polar surface area (TPSA) is 108 Å². The van der Waals surface area contributed by atoms with E-state index in [1.807, 2.05) is 0 Å². The molecule has 0 aliphatic carbocycles. The van der Waals surface area contributed by atoms with Gasteiger partial charge in [0.05, 0.1) is 0 Å². The van der Waals surface area contributed by atoms with E-state index in [0.29, 0.717) is 18.7 Å². The van der Waals surface area contributed by atoms with Crippen molar-refractivity contribution >= 4 is 10.0 Å². The number of nitrogens with zero attached hydrogens (tertiary/aromatic N) is 2. The molecule has 2 aromatic rings. The first-order valence-corrected chi connectivity index (χ1v) is 7.20. The normalized spacial score (nSPS) is 11.6. The molecule has 0 aliphatic rings. The van der Waals surface area contributed by atoms with Crippen molar-refractivity contribution in [1.29, 1.82) is 0 Å². The Morgan fingerprint density at radius 1 is 1.32 bits per heavy atom. The van der Waals surface area contributed by atoms with Crippen molar-refractivity contribution < 1.29 is 13.5 Å². The molecule has 1 heterocycles. The molecule has 0 atom stereocenters. The first-order chi connectivity index (χ1) is 9.09. The van der Waals surface area contributed by atoms with E-state index in [-0.39, 0.29) is 17.2 Å². The second kappa shape index (κ2) is 5.81. The molecule has 2 rings (SSSR count). The van der Waals surface area contributed by atoms with Gasteiger partial charge in [-0.1, -0.05) is 12.1 Å². The van der Waals surface area contributed by atoms with E-state index in [0.717, 1.165) is 0 Å². The van der Waals surface area contributed by atoms with Gasteiger partial charge in [0.25, 0.3) is 0 Å². The van der Waals surface area contributed by atoms with Gasteiger partial charge in [-0.2, -0.15) is 5.10 Å². The van der Waals surface area contributed by atoms with Crippen LogP contribution in [0.25, 0.3) is 0 Å². The Morgan fingerprint density at radius 3 is 2.79 bits per heavy atom. The zero-order chi connectivity index (χ0) is 13.7. The first-order valence-electron chi connectivity index (χ1n) is 5.71. The molecule has 8 heteroatoms. The average Bonchev–Trinajstić information content (AvgIpc) is 2.88. The summed E-state index contributed by atoms with van der Waals surface area (Å²) >= 11 is 0. The van der Waals surface area contributed by atoms with E-state index >= 15 is 0 Å². The van der Waals surface area contributed by atoms with Crippen molar-refractivity contribution in [3.05, 3.63) is 36.4 Å². The molecule has 0 amide bonds. The third-order valence-electron chi connectivity index (χ3n) is 2.50. The second-order valence-electron chi connectivity index (χ2n) is 3.90. The molecule has 0 unspecified atom stereocenters. The lowest BCUT2D eigenvalue weighted by Gasteiger charge is -2.07. The molecule has 102 valence electrons. The Bertz CT molecular complexity index is 625. The molecule has 7 nitrogen and oxygen atoms in total. The fourth-order valence-corrected chi connectivity index (χ4v) is 2.75. The molecule has 1 aromatic carbocycles. The number of phenolic OH excluding ortho intramolecular Hbond substituents is 1. The number of rotatable bonds is 6. The van der Waals surface area contributed by atoms with Gasteiger partial charge in [0.15, 0.2) is 0 Å². The molecular formula is C11H14N4O3S. The highest BCUT2D eigenvalue weighted by atomic mass is 32.2. The van der Waals surface area contributed by atoms with E-state index in [9.17, 15) is 13.5 Å². The van der Waals surface area contributed by atoms with Crippen LogP contribution in [-0.2, 0) is 16.4 Å².